The van der Waals surface area contributed by atoms with Gasteiger partial charge in [-0.25, -0.2) is 0 Å². The minimum Gasteiger partial charge on any atom is -0.406 e. The van der Waals surface area contributed by atoms with Crippen molar-refractivity contribution in [3.8, 4) is 5.75 Å². The van der Waals surface area contributed by atoms with E-state index < -0.39 is 34.8 Å². The summed E-state index contributed by atoms with van der Waals surface area (Å²) in [6.07, 6.45) is -1.28. The van der Waals surface area contributed by atoms with Gasteiger partial charge in [-0.2, -0.15) is 17.0 Å². The molecule has 152 valence electrons. The first-order valence-corrected chi connectivity index (χ1v) is 9.85. The van der Waals surface area contributed by atoms with Crippen molar-refractivity contribution in [1.82, 2.24) is 8.61 Å². The number of anilines is 1. The highest BCUT2D eigenvalue weighted by Crippen LogP contribution is 2.24. The molecule has 0 bridgehead atoms. The van der Waals surface area contributed by atoms with Gasteiger partial charge in [-0.15, -0.1) is 13.2 Å². The summed E-state index contributed by atoms with van der Waals surface area (Å²) in [5.74, 6) is -1.01. The van der Waals surface area contributed by atoms with Crippen molar-refractivity contribution in [2.45, 2.75) is 32.0 Å². The number of carbonyl (C=O) groups excluding carboxylic acids is 1. The van der Waals surface area contributed by atoms with Crippen molar-refractivity contribution in [2.24, 2.45) is 0 Å². The Hall–Kier alpha value is -1.85. The zero-order valence-electron chi connectivity index (χ0n) is 14.8. The lowest BCUT2D eigenvalue weighted by Gasteiger charge is -2.26. The highest BCUT2D eigenvalue weighted by Gasteiger charge is 2.31. The first kappa shape index (κ1) is 21.5. The van der Waals surface area contributed by atoms with Crippen LogP contribution in [-0.4, -0.2) is 56.0 Å². The number of hydrogen-bond acceptors (Lipinski definition) is 4. The fourth-order valence-corrected chi connectivity index (χ4v) is 4.09. The molecule has 11 heteroatoms. The van der Waals surface area contributed by atoms with E-state index in [2.05, 4.69) is 10.1 Å². The van der Waals surface area contributed by atoms with Crippen LogP contribution in [0.4, 0.5) is 18.9 Å². The van der Waals surface area contributed by atoms with Gasteiger partial charge >= 0.3 is 6.36 Å². The van der Waals surface area contributed by atoms with Crippen molar-refractivity contribution in [3.63, 3.8) is 0 Å². The number of nitrogens with zero attached hydrogens (tertiary/aromatic N) is 2. The normalized spacial score (nSPS) is 16.8. The molecule has 1 saturated heterocycles. The van der Waals surface area contributed by atoms with E-state index in [1.807, 2.05) is 0 Å². The van der Waals surface area contributed by atoms with Crippen LogP contribution in [0.2, 0.25) is 0 Å². The zero-order chi connectivity index (χ0) is 20.1. The van der Waals surface area contributed by atoms with Gasteiger partial charge in [0.15, 0.2) is 0 Å². The molecular weight excluding hydrogens is 387 g/mol. The number of nitrogens with one attached hydrogen (secondary N) is 1. The number of ether oxygens (including phenoxy) is 1. The summed E-state index contributed by atoms with van der Waals surface area (Å²) in [5, 5.41) is 2.45. The Labute approximate surface area is 156 Å². The maximum atomic E-state index is 12.6. The van der Waals surface area contributed by atoms with Crippen molar-refractivity contribution >= 4 is 21.8 Å². The third kappa shape index (κ3) is 6.67. The number of likely N-dealkylation sites (N-methyl/N-ethyl adjacent to an activating group) is 1. The SMILES string of the molecule is CN(CC(=O)Nc1ccc(OC(F)(F)F)cc1)S(=O)(=O)N1CCCCCC1. The molecule has 0 spiro atoms. The summed E-state index contributed by atoms with van der Waals surface area (Å²) >= 11 is 0. The predicted molar refractivity (Wildman–Crippen MR) is 93.3 cm³/mol. The summed E-state index contributed by atoms with van der Waals surface area (Å²) in [4.78, 5) is 12.1. The lowest BCUT2D eigenvalue weighted by molar-refractivity contribution is -0.274. The molecule has 0 atom stereocenters. The monoisotopic (exact) mass is 409 g/mol. The smallest absolute Gasteiger partial charge is 0.406 e. The lowest BCUT2D eigenvalue weighted by Crippen LogP contribution is -2.45. The van der Waals surface area contributed by atoms with Gasteiger partial charge in [-0.05, 0) is 37.1 Å². The molecular formula is C16H22F3N3O4S. The average Bonchev–Trinajstić information content (AvgIpc) is 2.85. The second-order valence-corrected chi connectivity index (χ2v) is 8.23. The van der Waals surface area contributed by atoms with Gasteiger partial charge in [0.2, 0.25) is 5.91 Å². The molecule has 0 unspecified atom stereocenters. The number of alkyl halides is 3. The molecule has 1 heterocycles. The van der Waals surface area contributed by atoms with Crippen LogP contribution >= 0.6 is 0 Å². The van der Waals surface area contributed by atoms with Crippen LogP contribution in [0, 0.1) is 0 Å². The Bertz CT molecular complexity index is 730. The van der Waals surface area contributed by atoms with E-state index in [0.717, 1.165) is 42.1 Å². The minimum absolute atomic E-state index is 0.232. The maximum Gasteiger partial charge on any atom is 0.573 e. The van der Waals surface area contributed by atoms with Crippen molar-refractivity contribution in [3.05, 3.63) is 24.3 Å². The second-order valence-electron chi connectivity index (χ2n) is 6.20. The molecule has 1 aromatic carbocycles. The van der Waals surface area contributed by atoms with Crippen LogP contribution in [0.5, 0.6) is 5.75 Å². The zero-order valence-corrected chi connectivity index (χ0v) is 15.6. The maximum absolute atomic E-state index is 12.6. The van der Waals surface area contributed by atoms with E-state index in [9.17, 15) is 26.4 Å². The number of benzene rings is 1. The van der Waals surface area contributed by atoms with Gasteiger partial charge in [-0.1, -0.05) is 12.8 Å². The Morgan fingerprint density at radius 1 is 1.15 bits per heavy atom. The molecule has 2 rings (SSSR count). The summed E-state index contributed by atoms with van der Waals surface area (Å²) in [6.45, 7) is 0.448. The standard InChI is InChI=1S/C16H22F3N3O4S/c1-21(27(24,25)22-10-4-2-3-5-11-22)12-15(23)20-13-6-8-14(9-7-13)26-16(17,18)19/h6-9H,2-5,10-12H2,1H3,(H,20,23). The largest absolute Gasteiger partial charge is 0.573 e. The highest BCUT2D eigenvalue weighted by atomic mass is 32.2. The number of halogens is 3. The van der Waals surface area contributed by atoms with Crippen LogP contribution in [0.1, 0.15) is 25.7 Å². The van der Waals surface area contributed by atoms with Crippen molar-refractivity contribution in [1.29, 1.82) is 0 Å². The van der Waals surface area contributed by atoms with Crippen LogP contribution in [0.15, 0.2) is 24.3 Å². The Balaban J connectivity index is 1.92. The molecule has 1 fully saturated rings. The molecule has 0 radical (unpaired) electrons. The van der Waals surface area contributed by atoms with Crippen LogP contribution in [-0.2, 0) is 15.0 Å². The van der Waals surface area contributed by atoms with E-state index in [-0.39, 0.29) is 5.69 Å². The molecule has 27 heavy (non-hydrogen) atoms. The predicted octanol–water partition coefficient (Wildman–Crippen LogP) is 2.58. The Morgan fingerprint density at radius 2 is 1.70 bits per heavy atom. The molecule has 7 nitrogen and oxygen atoms in total. The molecule has 0 aliphatic carbocycles. The van der Waals surface area contributed by atoms with E-state index in [4.69, 9.17) is 0 Å². The van der Waals surface area contributed by atoms with E-state index in [1.54, 1.807) is 0 Å². The molecule has 1 amide bonds. The molecule has 1 aliphatic heterocycles. The average molecular weight is 409 g/mol. The fraction of sp³-hybridized carbons (Fsp3) is 0.562. The van der Waals surface area contributed by atoms with Gasteiger partial charge in [0.25, 0.3) is 10.2 Å². The van der Waals surface area contributed by atoms with Gasteiger partial charge in [0.05, 0.1) is 6.54 Å². The third-order valence-corrected chi connectivity index (χ3v) is 5.96. The summed E-state index contributed by atoms with van der Waals surface area (Å²) < 4.78 is 67.6. The van der Waals surface area contributed by atoms with E-state index >= 15 is 0 Å². The first-order chi connectivity index (χ1) is 12.6. The molecule has 1 aliphatic rings. The topological polar surface area (TPSA) is 79.0 Å². The summed E-state index contributed by atoms with van der Waals surface area (Å²) in [5.41, 5.74) is 0.232. The van der Waals surface area contributed by atoms with Crippen molar-refractivity contribution < 1.29 is 31.1 Å². The van der Waals surface area contributed by atoms with Gasteiger partial charge in [0.1, 0.15) is 5.75 Å². The van der Waals surface area contributed by atoms with Crippen LogP contribution < -0.4 is 10.1 Å². The van der Waals surface area contributed by atoms with Gasteiger partial charge in [0, 0.05) is 25.8 Å². The van der Waals surface area contributed by atoms with Gasteiger partial charge in [-0.3, -0.25) is 4.79 Å². The minimum atomic E-state index is -4.80. The molecule has 1 aromatic rings. The highest BCUT2D eigenvalue weighted by molar-refractivity contribution is 7.86. The lowest BCUT2D eigenvalue weighted by atomic mass is 10.2. The number of carbonyl (C=O) groups is 1. The summed E-state index contributed by atoms with van der Waals surface area (Å²) in [6, 6.07) is 4.59. The fourth-order valence-electron chi connectivity index (χ4n) is 2.69. The quantitative estimate of drug-likeness (QED) is 0.783. The first-order valence-electron chi connectivity index (χ1n) is 8.45. The summed E-state index contributed by atoms with van der Waals surface area (Å²) in [7, 11) is -2.42. The van der Waals surface area contributed by atoms with Crippen LogP contribution in [0.25, 0.3) is 0 Å². The van der Waals surface area contributed by atoms with Crippen molar-refractivity contribution in [2.75, 3.05) is 32.0 Å². The van der Waals surface area contributed by atoms with E-state index in [0.29, 0.717) is 13.1 Å². The molecule has 0 aromatic heterocycles. The van der Waals surface area contributed by atoms with Gasteiger partial charge < -0.3 is 10.1 Å². The number of amides is 1. The molecule has 0 saturated carbocycles. The number of hydrogen-bond donors (Lipinski definition) is 1. The number of rotatable bonds is 6. The molecule has 1 N–H and O–H groups in total. The second kappa shape index (κ2) is 8.89. The van der Waals surface area contributed by atoms with E-state index in [1.165, 1.54) is 23.5 Å². The Kier molecular flexibility index (Phi) is 7.06. The van der Waals surface area contributed by atoms with Crippen LogP contribution in [0.3, 0.4) is 0 Å². The Morgan fingerprint density at radius 3 is 2.22 bits per heavy atom. The third-order valence-electron chi connectivity index (χ3n) is 4.02.